The van der Waals surface area contributed by atoms with Gasteiger partial charge < -0.3 is 10.2 Å². The van der Waals surface area contributed by atoms with Crippen molar-refractivity contribution in [1.29, 1.82) is 0 Å². The highest BCUT2D eigenvalue weighted by Crippen LogP contribution is 2.23. The van der Waals surface area contributed by atoms with E-state index >= 15 is 0 Å². The second-order valence-electron chi connectivity index (χ2n) is 4.84. The van der Waals surface area contributed by atoms with Crippen LogP contribution in [0.15, 0.2) is 34.9 Å². The lowest BCUT2D eigenvalue weighted by Gasteiger charge is -2.22. The van der Waals surface area contributed by atoms with Crippen LogP contribution in [0.3, 0.4) is 0 Å². The van der Waals surface area contributed by atoms with Gasteiger partial charge in [0.25, 0.3) is 0 Å². The maximum absolute atomic E-state index is 5.73. The fourth-order valence-electron chi connectivity index (χ4n) is 1.75. The summed E-state index contributed by atoms with van der Waals surface area (Å²) in [5.41, 5.74) is 8.16. The highest BCUT2D eigenvalue weighted by Gasteiger charge is 2.16. The van der Waals surface area contributed by atoms with Gasteiger partial charge in [-0.1, -0.05) is 19.9 Å². The van der Waals surface area contributed by atoms with Crippen LogP contribution in [0, 0.1) is 5.41 Å². The first-order valence-corrected chi connectivity index (χ1v) is 5.27. The van der Waals surface area contributed by atoms with Crippen molar-refractivity contribution < 1.29 is 4.42 Å². The van der Waals surface area contributed by atoms with Gasteiger partial charge in [-0.15, -0.1) is 0 Å². The van der Waals surface area contributed by atoms with E-state index in [4.69, 9.17) is 10.2 Å². The Bertz CT molecular complexity index is 456. The van der Waals surface area contributed by atoms with Gasteiger partial charge in [-0.3, -0.25) is 0 Å². The largest absolute Gasteiger partial charge is 0.464 e. The van der Waals surface area contributed by atoms with E-state index in [0.717, 1.165) is 12.0 Å². The van der Waals surface area contributed by atoms with E-state index in [1.54, 1.807) is 6.26 Å². The normalized spacial score (nSPS) is 12.2. The Kier molecular flexibility index (Phi) is 2.53. The quantitative estimate of drug-likeness (QED) is 0.833. The van der Waals surface area contributed by atoms with Crippen LogP contribution in [-0.4, -0.2) is 6.54 Å². The van der Waals surface area contributed by atoms with Crippen LogP contribution in [0.1, 0.15) is 19.4 Å². The van der Waals surface area contributed by atoms with Crippen molar-refractivity contribution in [3.63, 3.8) is 0 Å². The standard InChI is InChI=1S/C13H17NO/c1-13(2,9-14)8-10-3-4-12-11(7-10)5-6-15-12/h3-7H,8-9,14H2,1-2H3. The van der Waals surface area contributed by atoms with Crippen molar-refractivity contribution in [2.75, 3.05) is 6.54 Å². The summed E-state index contributed by atoms with van der Waals surface area (Å²) in [6.45, 7) is 5.08. The third-order valence-corrected chi connectivity index (χ3v) is 2.75. The second kappa shape index (κ2) is 3.70. The smallest absolute Gasteiger partial charge is 0.133 e. The number of fused-ring (bicyclic) bond motifs is 1. The lowest BCUT2D eigenvalue weighted by atomic mass is 9.86. The van der Waals surface area contributed by atoms with E-state index in [0.29, 0.717) is 6.54 Å². The molecule has 0 saturated heterocycles. The van der Waals surface area contributed by atoms with Crippen molar-refractivity contribution >= 4 is 11.0 Å². The van der Waals surface area contributed by atoms with Gasteiger partial charge in [0.05, 0.1) is 6.26 Å². The average Bonchev–Trinajstić information content (AvgIpc) is 2.64. The number of hydrogen-bond acceptors (Lipinski definition) is 2. The minimum Gasteiger partial charge on any atom is -0.464 e. The molecule has 2 N–H and O–H groups in total. The highest BCUT2D eigenvalue weighted by molar-refractivity contribution is 5.77. The molecule has 1 aromatic carbocycles. The maximum atomic E-state index is 5.73. The average molecular weight is 203 g/mol. The van der Waals surface area contributed by atoms with E-state index in [1.807, 2.05) is 12.1 Å². The van der Waals surface area contributed by atoms with Gasteiger partial charge in [0.15, 0.2) is 0 Å². The van der Waals surface area contributed by atoms with Crippen LogP contribution in [0.5, 0.6) is 0 Å². The Labute approximate surface area is 90.1 Å². The minimum absolute atomic E-state index is 0.164. The molecule has 2 nitrogen and oxygen atoms in total. The SMILES string of the molecule is CC(C)(CN)Cc1ccc2occc2c1. The molecule has 15 heavy (non-hydrogen) atoms. The van der Waals surface area contributed by atoms with E-state index in [1.165, 1.54) is 10.9 Å². The molecule has 0 bridgehead atoms. The molecule has 0 aliphatic carbocycles. The molecular weight excluding hydrogens is 186 g/mol. The molecule has 0 radical (unpaired) electrons. The van der Waals surface area contributed by atoms with Gasteiger partial charge in [-0.25, -0.2) is 0 Å². The predicted molar refractivity (Wildman–Crippen MR) is 62.8 cm³/mol. The molecule has 0 spiro atoms. The van der Waals surface area contributed by atoms with E-state index in [2.05, 4.69) is 26.0 Å². The Morgan fingerprint density at radius 3 is 2.80 bits per heavy atom. The number of hydrogen-bond donors (Lipinski definition) is 1. The molecular formula is C13H17NO. The van der Waals surface area contributed by atoms with Crippen LogP contribution in [-0.2, 0) is 6.42 Å². The summed E-state index contributed by atoms with van der Waals surface area (Å²) in [6, 6.07) is 8.31. The molecule has 0 atom stereocenters. The third kappa shape index (κ3) is 2.21. The van der Waals surface area contributed by atoms with Crippen molar-refractivity contribution in [2.45, 2.75) is 20.3 Å². The predicted octanol–water partition coefficient (Wildman–Crippen LogP) is 2.96. The van der Waals surface area contributed by atoms with Gasteiger partial charge in [-0.2, -0.15) is 0 Å². The molecule has 0 aliphatic heterocycles. The van der Waals surface area contributed by atoms with Crippen LogP contribution < -0.4 is 5.73 Å². The first kappa shape index (κ1) is 10.2. The summed E-state index contributed by atoms with van der Waals surface area (Å²) in [5, 5.41) is 1.17. The van der Waals surface area contributed by atoms with Gasteiger partial charge in [0, 0.05) is 5.39 Å². The molecule has 1 aromatic heterocycles. The summed E-state index contributed by atoms with van der Waals surface area (Å²) in [4.78, 5) is 0. The highest BCUT2D eigenvalue weighted by atomic mass is 16.3. The lowest BCUT2D eigenvalue weighted by Crippen LogP contribution is -2.25. The number of furan rings is 1. The molecule has 2 rings (SSSR count). The lowest BCUT2D eigenvalue weighted by molar-refractivity contribution is 0.377. The Balaban J connectivity index is 2.28. The molecule has 2 aromatic rings. The van der Waals surface area contributed by atoms with Gasteiger partial charge >= 0.3 is 0 Å². The third-order valence-electron chi connectivity index (χ3n) is 2.75. The molecule has 0 unspecified atom stereocenters. The summed E-state index contributed by atoms with van der Waals surface area (Å²) in [7, 11) is 0. The monoisotopic (exact) mass is 203 g/mol. The Morgan fingerprint density at radius 1 is 1.27 bits per heavy atom. The fraction of sp³-hybridized carbons (Fsp3) is 0.385. The van der Waals surface area contributed by atoms with Crippen LogP contribution in [0.25, 0.3) is 11.0 Å². The Morgan fingerprint density at radius 2 is 2.07 bits per heavy atom. The van der Waals surface area contributed by atoms with Crippen LogP contribution in [0.4, 0.5) is 0 Å². The maximum Gasteiger partial charge on any atom is 0.133 e. The van der Waals surface area contributed by atoms with Gasteiger partial charge in [0.2, 0.25) is 0 Å². The van der Waals surface area contributed by atoms with E-state index in [-0.39, 0.29) is 5.41 Å². The van der Waals surface area contributed by atoms with Crippen molar-refractivity contribution in [3.8, 4) is 0 Å². The van der Waals surface area contributed by atoms with Crippen molar-refractivity contribution in [2.24, 2.45) is 11.1 Å². The Hall–Kier alpha value is -1.28. The molecule has 2 heteroatoms. The first-order valence-electron chi connectivity index (χ1n) is 5.27. The van der Waals surface area contributed by atoms with E-state index < -0.39 is 0 Å². The molecule has 1 heterocycles. The number of benzene rings is 1. The zero-order chi connectivity index (χ0) is 10.9. The zero-order valence-electron chi connectivity index (χ0n) is 9.29. The molecule has 80 valence electrons. The summed E-state index contributed by atoms with van der Waals surface area (Å²) < 4.78 is 5.30. The summed E-state index contributed by atoms with van der Waals surface area (Å²) in [6.07, 6.45) is 2.73. The minimum atomic E-state index is 0.164. The second-order valence-corrected chi connectivity index (χ2v) is 4.84. The van der Waals surface area contributed by atoms with Crippen molar-refractivity contribution in [1.82, 2.24) is 0 Å². The fourth-order valence-corrected chi connectivity index (χ4v) is 1.75. The molecule has 0 fully saturated rings. The summed E-state index contributed by atoms with van der Waals surface area (Å²) >= 11 is 0. The molecule has 0 amide bonds. The molecule has 0 saturated carbocycles. The topological polar surface area (TPSA) is 39.2 Å². The molecule has 0 aliphatic rings. The van der Waals surface area contributed by atoms with E-state index in [9.17, 15) is 0 Å². The van der Waals surface area contributed by atoms with Crippen LogP contribution in [0.2, 0.25) is 0 Å². The van der Waals surface area contributed by atoms with Gasteiger partial charge in [0.1, 0.15) is 5.58 Å². The first-order chi connectivity index (χ1) is 7.11. The number of nitrogens with two attached hydrogens (primary N) is 1. The van der Waals surface area contributed by atoms with Gasteiger partial charge in [-0.05, 0) is 42.1 Å². The number of rotatable bonds is 3. The summed E-state index contributed by atoms with van der Waals surface area (Å²) in [5.74, 6) is 0. The zero-order valence-corrected chi connectivity index (χ0v) is 9.29. The van der Waals surface area contributed by atoms with Crippen LogP contribution >= 0.6 is 0 Å². The van der Waals surface area contributed by atoms with Crippen molar-refractivity contribution in [3.05, 3.63) is 36.1 Å².